The van der Waals surface area contributed by atoms with Crippen LogP contribution in [0.5, 0.6) is 0 Å². The van der Waals surface area contributed by atoms with Crippen LogP contribution in [0.15, 0.2) is 29.1 Å². The van der Waals surface area contributed by atoms with Gasteiger partial charge in [-0.1, -0.05) is 32.9 Å². The number of para-hydroxylation sites is 1. The molecule has 3 heterocycles. The van der Waals surface area contributed by atoms with Crippen molar-refractivity contribution in [1.29, 1.82) is 0 Å². The number of carbonyl (C=O) groups excluding carboxylic acids is 1. The summed E-state index contributed by atoms with van der Waals surface area (Å²) in [6.07, 6.45) is 2.04. The molecule has 136 valence electrons. The van der Waals surface area contributed by atoms with Gasteiger partial charge in [0.05, 0.1) is 5.52 Å². The lowest BCUT2D eigenvalue weighted by Gasteiger charge is -2.19. The van der Waals surface area contributed by atoms with Gasteiger partial charge in [0.2, 0.25) is 5.91 Å². The van der Waals surface area contributed by atoms with Crippen LogP contribution in [0.1, 0.15) is 39.4 Å². The normalized spacial score (nSPS) is 15.3. The van der Waals surface area contributed by atoms with Crippen molar-refractivity contribution in [3.8, 4) is 0 Å². The van der Waals surface area contributed by atoms with Crippen LogP contribution in [0, 0.1) is 0 Å². The molecule has 0 unspecified atom stereocenters. The third-order valence-corrected chi connectivity index (χ3v) is 4.84. The first kappa shape index (κ1) is 16.8. The van der Waals surface area contributed by atoms with E-state index in [0.717, 1.165) is 36.8 Å². The van der Waals surface area contributed by atoms with Crippen LogP contribution in [0.4, 0.5) is 0 Å². The zero-order valence-electron chi connectivity index (χ0n) is 15.4. The molecule has 26 heavy (non-hydrogen) atoms. The third kappa shape index (κ3) is 2.67. The predicted molar refractivity (Wildman–Crippen MR) is 99.3 cm³/mol. The highest BCUT2D eigenvalue weighted by Gasteiger charge is 2.26. The van der Waals surface area contributed by atoms with E-state index in [2.05, 4.69) is 5.10 Å². The average molecular weight is 353 g/mol. The summed E-state index contributed by atoms with van der Waals surface area (Å²) in [5.41, 5.74) is 0.710. The van der Waals surface area contributed by atoms with E-state index in [4.69, 9.17) is 4.98 Å². The minimum absolute atomic E-state index is 0.0293. The monoisotopic (exact) mass is 353 g/mol. The van der Waals surface area contributed by atoms with Gasteiger partial charge < -0.3 is 4.90 Å². The van der Waals surface area contributed by atoms with Crippen molar-refractivity contribution in [2.75, 3.05) is 13.1 Å². The Bertz CT molecular complexity index is 1050. The van der Waals surface area contributed by atoms with Gasteiger partial charge in [-0.15, -0.1) is 5.10 Å². The molecule has 0 atom stereocenters. The number of amides is 1. The quantitative estimate of drug-likeness (QED) is 0.706. The SMILES string of the molecule is CC(C)(C)c1nc2ccccc2c2nn(CC(=O)N3CCCC3)c(=O)n12. The Labute approximate surface area is 151 Å². The van der Waals surface area contributed by atoms with Crippen LogP contribution in [0.2, 0.25) is 0 Å². The van der Waals surface area contributed by atoms with E-state index in [1.807, 2.05) is 45.0 Å². The molecule has 0 spiro atoms. The van der Waals surface area contributed by atoms with Crippen LogP contribution >= 0.6 is 0 Å². The smallest absolute Gasteiger partial charge is 0.341 e. The first-order valence-corrected chi connectivity index (χ1v) is 9.03. The molecule has 0 saturated carbocycles. The number of rotatable bonds is 2. The molecule has 1 aliphatic rings. The van der Waals surface area contributed by atoms with Crippen molar-refractivity contribution in [3.05, 3.63) is 40.6 Å². The van der Waals surface area contributed by atoms with Gasteiger partial charge in [-0.25, -0.2) is 18.9 Å². The third-order valence-electron chi connectivity index (χ3n) is 4.84. The number of aromatic nitrogens is 4. The van der Waals surface area contributed by atoms with Crippen LogP contribution in [0.25, 0.3) is 16.6 Å². The molecule has 7 nitrogen and oxygen atoms in total. The molecule has 2 aromatic heterocycles. The summed E-state index contributed by atoms with van der Waals surface area (Å²) in [4.78, 5) is 32.1. The number of hydrogen-bond donors (Lipinski definition) is 0. The van der Waals surface area contributed by atoms with E-state index in [0.29, 0.717) is 11.5 Å². The Morgan fingerprint density at radius 1 is 1.15 bits per heavy atom. The molecule has 1 aliphatic heterocycles. The Hall–Kier alpha value is -2.70. The standard InChI is InChI=1S/C19H23N5O2/c1-19(2,3)17-20-14-9-5-4-8-13(14)16-21-23(18(26)24(16)17)12-15(25)22-10-6-7-11-22/h4-5,8-9H,6-7,10-12H2,1-3H3. The number of carbonyl (C=O) groups is 1. The molecule has 0 bridgehead atoms. The Kier molecular flexibility index (Phi) is 3.82. The number of nitrogens with zero attached hydrogens (tertiary/aromatic N) is 5. The Morgan fingerprint density at radius 3 is 2.54 bits per heavy atom. The minimum Gasteiger partial charge on any atom is -0.341 e. The number of hydrogen-bond acceptors (Lipinski definition) is 4. The van der Waals surface area contributed by atoms with E-state index in [-0.39, 0.29) is 23.6 Å². The minimum atomic E-state index is -0.334. The lowest BCUT2D eigenvalue weighted by atomic mass is 9.95. The van der Waals surface area contributed by atoms with Crippen LogP contribution < -0.4 is 5.69 Å². The molecule has 1 fully saturated rings. The molecule has 1 amide bonds. The van der Waals surface area contributed by atoms with E-state index in [1.165, 1.54) is 4.68 Å². The van der Waals surface area contributed by atoms with Gasteiger partial charge in [0, 0.05) is 23.9 Å². The lowest BCUT2D eigenvalue weighted by molar-refractivity contribution is -0.131. The average Bonchev–Trinajstić information content (AvgIpc) is 3.23. The van der Waals surface area contributed by atoms with Gasteiger partial charge in [-0.3, -0.25) is 4.79 Å². The topological polar surface area (TPSA) is 72.5 Å². The molecule has 4 rings (SSSR count). The van der Waals surface area contributed by atoms with Gasteiger partial charge in [-0.05, 0) is 25.0 Å². The van der Waals surface area contributed by atoms with E-state index in [9.17, 15) is 9.59 Å². The molecule has 3 aromatic rings. The molecule has 0 radical (unpaired) electrons. The number of fused-ring (bicyclic) bond motifs is 3. The van der Waals surface area contributed by atoms with Crippen molar-refractivity contribution in [1.82, 2.24) is 24.1 Å². The number of likely N-dealkylation sites (tertiary alicyclic amines) is 1. The highest BCUT2D eigenvalue weighted by Crippen LogP contribution is 2.24. The van der Waals surface area contributed by atoms with Crippen molar-refractivity contribution in [3.63, 3.8) is 0 Å². The van der Waals surface area contributed by atoms with Gasteiger partial charge in [0.15, 0.2) is 5.65 Å². The molecule has 1 saturated heterocycles. The summed E-state index contributed by atoms with van der Waals surface area (Å²) in [6, 6.07) is 7.65. The molecular formula is C19H23N5O2. The maximum atomic E-state index is 13.0. The summed E-state index contributed by atoms with van der Waals surface area (Å²) in [5, 5.41) is 5.32. The van der Waals surface area contributed by atoms with Crippen LogP contribution in [0.3, 0.4) is 0 Å². The second-order valence-electron chi connectivity index (χ2n) is 7.89. The van der Waals surface area contributed by atoms with E-state index < -0.39 is 0 Å². The van der Waals surface area contributed by atoms with Crippen molar-refractivity contribution in [2.45, 2.75) is 45.6 Å². The zero-order valence-corrected chi connectivity index (χ0v) is 15.4. The van der Waals surface area contributed by atoms with Gasteiger partial charge >= 0.3 is 5.69 Å². The Balaban J connectivity index is 1.91. The summed E-state index contributed by atoms with van der Waals surface area (Å²) in [5.74, 6) is 0.596. The largest absolute Gasteiger partial charge is 0.352 e. The summed E-state index contributed by atoms with van der Waals surface area (Å²) in [6.45, 7) is 7.55. The van der Waals surface area contributed by atoms with Crippen molar-refractivity contribution < 1.29 is 4.79 Å². The van der Waals surface area contributed by atoms with Gasteiger partial charge in [-0.2, -0.15) is 0 Å². The highest BCUT2D eigenvalue weighted by atomic mass is 16.2. The van der Waals surface area contributed by atoms with Crippen molar-refractivity contribution >= 4 is 22.5 Å². The fraction of sp³-hybridized carbons (Fsp3) is 0.474. The lowest BCUT2D eigenvalue weighted by Crippen LogP contribution is -2.35. The van der Waals surface area contributed by atoms with E-state index in [1.54, 1.807) is 9.30 Å². The Morgan fingerprint density at radius 2 is 1.85 bits per heavy atom. The van der Waals surface area contributed by atoms with Crippen LogP contribution in [-0.2, 0) is 16.8 Å². The highest BCUT2D eigenvalue weighted by molar-refractivity contribution is 5.91. The molecular weight excluding hydrogens is 330 g/mol. The van der Waals surface area contributed by atoms with Gasteiger partial charge in [0.1, 0.15) is 12.4 Å². The van der Waals surface area contributed by atoms with Crippen molar-refractivity contribution in [2.24, 2.45) is 0 Å². The van der Waals surface area contributed by atoms with Gasteiger partial charge in [0.25, 0.3) is 0 Å². The molecule has 0 N–H and O–H groups in total. The molecule has 1 aromatic carbocycles. The first-order chi connectivity index (χ1) is 12.4. The van der Waals surface area contributed by atoms with E-state index >= 15 is 0 Å². The fourth-order valence-corrected chi connectivity index (χ4v) is 3.50. The molecule has 0 aliphatic carbocycles. The zero-order chi connectivity index (χ0) is 18.5. The first-order valence-electron chi connectivity index (χ1n) is 9.03. The summed E-state index contributed by atoms with van der Waals surface area (Å²) < 4.78 is 2.83. The fourth-order valence-electron chi connectivity index (χ4n) is 3.50. The second kappa shape index (κ2) is 5.93. The predicted octanol–water partition coefficient (Wildman–Crippen LogP) is 1.96. The van der Waals surface area contributed by atoms with Crippen LogP contribution in [-0.4, -0.2) is 43.1 Å². The second-order valence-corrected chi connectivity index (χ2v) is 7.89. The summed E-state index contributed by atoms with van der Waals surface area (Å²) in [7, 11) is 0. The molecule has 7 heteroatoms. The maximum absolute atomic E-state index is 13.0. The maximum Gasteiger partial charge on any atom is 0.352 e. The number of benzene rings is 1. The summed E-state index contributed by atoms with van der Waals surface area (Å²) >= 11 is 0.